The number of halogens is 1. The van der Waals surface area contributed by atoms with Gasteiger partial charge in [0.05, 0.1) is 6.04 Å². The first-order valence-electron chi connectivity index (χ1n) is 8.10. The molecule has 1 aliphatic carbocycles. The van der Waals surface area contributed by atoms with Crippen LogP contribution in [0.5, 0.6) is 0 Å². The molecule has 0 saturated heterocycles. The van der Waals surface area contributed by atoms with Gasteiger partial charge in [0.1, 0.15) is 5.82 Å². The molecule has 0 radical (unpaired) electrons. The molecule has 0 aliphatic heterocycles. The average Bonchev–Trinajstić information content (AvgIpc) is 2.87. The van der Waals surface area contributed by atoms with Crippen LogP contribution in [0.15, 0.2) is 12.1 Å². The van der Waals surface area contributed by atoms with Crippen LogP contribution in [0, 0.1) is 19.7 Å². The Bertz CT molecular complexity index is 467. The molecule has 2 nitrogen and oxygen atoms in total. The van der Waals surface area contributed by atoms with Crippen molar-refractivity contribution in [3.63, 3.8) is 0 Å². The van der Waals surface area contributed by atoms with E-state index in [1.807, 2.05) is 13.8 Å². The lowest BCUT2D eigenvalue weighted by Gasteiger charge is -2.44. The Morgan fingerprint density at radius 3 is 2.33 bits per heavy atom. The molecule has 1 N–H and O–H groups in total. The number of nitrogens with zero attached hydrogens (tertiary/aromatic N) is 1. The molecule has 1 fully saturated rings. The second-order valence-electron chi connectivity index (χ2n) is 6.67. The van der Waals surface area contributed by atoms with Crippen LogP contribution in [0.3, 0.4) is 0 Å². The van der Waals surface area contributed by atoms with E-state index in [0.717, 1.165) is 36.1 Å². The van der Waals surface area contributed by atoms with Gasteiger partial charge in [0.15, 0.2) is 0 Å². The molecule has 1 aromatic carbocycles. The molecule has 1 saturated carbocycles. The summed E-state index contributed by atoms with van der Waals surface area (Å²) in [6, 6.07) is 3.83. The fourth-order valence-electron chi connectivity index (χ4n) is 4.04. The first-order chi connectivity index (χ1) is 9.92. The first-order valence-corrected chi connectivity index (χ1v) is 8.10. The van der Waals surface area contributed by atoms with Gasteiger partial charge in [0.25, 0.3) is 0 Å². The first kappa shape index (κ1) is 16.4. The summed E-state index contributed by atoms with van der Waals surface area (Å²) in [6.45, 7) is 6.95. The van der Waals surface area contributed by atoms with Crippen LogP contribution in [0.25, 0.3) is 0 Å². The van der Waals surface area contributed by atoms with Crippen LogP contribution in [0.1, 0.15) is 55.3 Å². The summed E-state index contributed by atoms with van der Waals surface area (Å²) in [5.74, 6) is -0.0634. The van der Waals surface area contributed by atoms with Crippen LogP contribution < -0.4 is 5.32 Å². The zero-order valence-electron chi connectivity index (χ0n) is 14.1. The van der Waals surface area contributed by atoms with E-state index in [4.69, 9.17) is 0 Å². The fraction of sp³-hybridized carbons (Fsp3) is 0.667. The van der Waals surface area contributed by atoms with Gasteiger partial charge in [-0.3, -0.25) is 0 Å². The van der Waals surface area contributed by atoms with E-state index in [1.165, 1.54) is 12.8 Å². The highest BCUT2D eigenvalue weighted by molar-refractivity contribution is 5.37. The van der Waals surface area contributed by atoms with E-state index in [9.17, 15) is 4.39 Å². The quantitative estimate of drug-likeness (QED) is 0.883. The maximum atomic E-state index is 14.7. The van der Waals surface area contributed by atoms with Crippen molar-refractivity contribution in [2.24, 2.45) is 0 Å². The van der Waals surface area contributed by atoms with Gasteiger partial charge in [0, 0.05) is 11.1 Å². The van der Waals surface area contributed by atoms with Gasteiger partial charge in [-0.15, -0.1) is 0 Å². The number of hydrogen-bond acceptors (Lipinski definition) is 2. The summed E-state index contributed by atoms with van der Waals surface area (Å²) < 4.78 is 14.7. The van der Waals surface area contributed by atoms with Crippen LogP contribution in [0.4, 0.5) is 4.39 Å². The molecule has 0 amide bonds. The second kappa shape index (κ2) is 6.45. The Morgan fingerprint density at radius 1 is 1.24 bits per heavy atom. The van der Waals surface area contributed by atoms with E-state index in [0.29, 0.717) is 0 Å². The van der Waals surface area contributed by atoms with Gasteiger partial charge in [0.2, 0.25) is 0 Å². The summed E-state index contributed by atoms with van der Waals surface area (Å²) >= 11 is 0. The van der Waals surface area contributed by atoms with Crippen molar-refractivity contribution in [2.45, 2.75) is 58.0 Å². The monoisotopic (exact) mass is 292 g/mol. The summed E-state index contributed by atoms with van der Waals surface area (Å²) in [5.41, 5.74) is 2.94. The summed E-state index contributed by atoms with van der Waals surface area (Å²) in [5, 5.41) is 3.58. The Kier molecular flexibility index (Phi) is 5.05. The van der Waals surface area contributed by atoms with Crippen molar-refractivity contribution in [3.05, 3.63) is 34.6 Å². The lowest BCUT2D eigenvalue weighted by Crippen LogP contribution is -2.52. The maximum absolute atomic E-state index is 14.7. The highest BCUT2D eigenvalue weighted by Gasteiger charge is 2.44. The predicted octanol–water partition coefficient (Wildman–Crippen LogP) is 3.97. The number of likely N-dealkylation sites (N-methyl/N-ethyl adjacent to an activating group) is 2. The summed E-state index contributed by atoms with van der Waals surface area (Å²) in [4.78, 5) is 2.31. The lowest BCUT2D eigenvalue weighted by molar-refractivity contribution is 0.103. The number of aryl methyl sites for hydroxylation is 2. The van der Waals surface area contributed by atoms with Gasteiger partial charge in [-0.25, -0.2) is 4.39 Å². The van der Waals surface area contributed by atoms with Crippen LogP contribution >= 0.6 is 0 Å². The van der Waals surface area contributed by atoms with E-state index in [2.05, 4.69) is 37.3 Å². The van der Waals surface area contributed by atoms with Crippen molar-refractivity contribution in [3.8, 4) is 0 Å². The zero-order valence-corrected chi connectivity index (χ0v) is 14.1. The normalized spacial score (nSPS) is 19.2. The van der Waals surface area contributed by atoms with Crippen molar-refractivity contribution < 1.29 is 4.39 Å². The van der Waals surface area contributed by atoms with Gasteiger partial charge < -0.3 is 10.2 Å². The van der Waals surface area contributed by atoms with E-state index in [-0.39, 0.29) is 17.4 Å². The average molecular weight is 292 g/mol. The molecule has 0 bridgehead atoms. The highest BCUT2D eigenvalue weighted by Crippen LogP contribution is 2.44. The van der Waals surface area contributed by atoms with Crippen molar-refractivity contribution in [1.82, 2.24) is 10.2 Å². The molecule has 2 rings (SSSR count). The minimum atomic E-state index is -0.0634. The Morgan fingerprint density at radius 2 is 1.86 bits per heavy atom. The lowest BCUT2D eigenvalue weighted by atomic mass is 9.80. The molecule has 0 heterocycles. The number of rotatable bonds is 5. The van der Waals surface area contributed by atoms with Gasteiger partial charge in [-0.05, 0) is 64.5 Å². The molecule has 1 unspecified atom stereocenters. The Labute approximate surface area is 128 Å². The maximum Gasteiger partial charge on any atom is 0.128 e. The molecule has 21 heavy (non-hydrogen) atoms. The number of benzene rings is 1. The summed E-state index contributed by atoms with van der Waals surface area (Å²) in [7, 11) is 4.27. The molecule has 0 spiro atoms. The molecular formula is C18H29FN2. The minimum absolute atomic E-state index is 0.0247. The van der Waals surface area contributed by atoms with Crippen molar-refractivity contribution in [1.29, 1.82) is 0 Å². The standard InChI is InChI=1S/C18H29FN2/c1-6-20-17(18(21(4)5)9-7-8-10-18)16-14(3)11-13(2)12-15(16)19/h11-12,17,20H,6-10H2,1-5H3. The minimum Gasteiger partial charge on any atom is -0.309 e. The highest BCUT2D eigenvalue weighted by atomic mass is 19.1. The molecule has 1 atom stereocenters. The smallest absolute Gasteiger partial charge is 0.128 e. The van der Waals surface area contributed by atoms with Gasteiger partial charge >= 0.3 is 0 Å². The molecule has 0 aromatic heterocycles. The second-order valence-corrected chi connectivity index (χ2v) is 6.67. The summed E-state index contributed by atoms with van der Waals surface area (Å²) in [6.07, 6.45) is 4.72. The van der Waals surface area contributed by atoms with E-state index < -0.39 is 0 Å². The number of hydrogen-bond donors (Lipinski definition) is 1. The van der Waals surface area contributed by atoms with Gasteiger partial charge in [-0.2, -0.15) is 0 Å². The van der Waals surface area contributed by atoms with Crippen molar-refractivity contribution in [2.75, 3.05) is 20.6 Å². The molecular weight excluding hydrogens is 263 g/mol. The van der Waals surface area contributed by atoms with Gasteiger partial charge in [-0.1, -0.05) is 25.8 Å². The predicted molar refractivity (Wildman–Crippen MR) is 87.2 cm³/mol. The molecule has 3 heteroatoms. The largest absolute Gasteiger partial charge is 0.309 e. The van der Waals surface area contributed by atoms with Crippen molar-refractivity contribution >= 4 is 0 Å². The molecule has 1 aliphatic rings. The van der Waals surface area contributed by atoms with E-state index in [1.54, 1.807) is 6.07 Å². The third kappa shape index (κ3) is 3.00. The van der Waals surface area contributed by atoms with Crippen LogP contribution in [-0.2, 0) is 0 Å². The zero-order chi connectivity index (χ0) is 15.6. The number of nitrogens with one attached hydrogen (secondary N) is 1. The third-order valence-corrected chi connectivity index (χ3v) is 5.08. The Balaban J connectivity index is 2.53. The molecule has 118 valence electrons. The third-order valence-electron chi connectivity index (χ3n) is 5.08. The SMILES string of the molecule is CCNC(c1c(C)cc(C)cc1F)C1(N(C)C)CCCC1. The topological polar surface area (TPSA) is 15.3 Å². The van der Waals surface area contributed by atoms with Crippen LogP contribution in [-0.4, -0.2) is 31.1 Å². The Hall–Kier alpha value is -0.930. The van der Waals surface area contributed by atoms with Crippen LogP contribution in [0.2, 0.25) is 0 Å². The molecule has 1 aromatic rings. The van der Waals surface area contributed by atoms with E-state index >= 15 is 0 Å². The fourth-order valence-corrected chi connectivity index (χ4v) is 4.04.